The number of amides is 1. The lowest BCUT2D eigenvalue weighted by atomic mass is 10.3. The highest BCUT2D eigenvalue weighted by Gasteiger charge is 2.38. The molecule has 0 spiro atoms. The van der Waals surface area contributed by atoms with Gasteiger partial charge in [0.25, 0.3) is 0 Å². The molecule has 110 valence electrons. The summed E-state index contributed by atoms with van der Waals surface area (Å²) in [7, 11) is 0. The Hall–Kier alpha value is -2.51. The minimum Gasteiger partial charge on any atom is -0.328 e. The zero-order valence-electron chi connectivity index (χ0n) is 10.5. The van der Waals surface area contributed by atoms with Crippen molar-refractivity contribution in [1.29, 1.82) is 0 Å². The van der Waals surface area contributed by atoms with Crippen LogP contribution < -0.4 is 5.49 Å². The molecule has 2 aromatic rings. The molecule has 1 amide bonds. The van der Waals surface area contributed by atoms with Gasteiger partial charge < -0.3 is 4.57 Å². The molecular formula is C13H9F4N3O. The third-order valence-corrected chi connectivity index (χ3v) is 2.52. The van der Waals surface area contributed by atoms with Crippen LogP contribution in [0.1, 0.15) is 5.56 Å². The number of hydrogen-bond donors (Lipinski definition) is 0. The number of carbonyl (C=O) groups is 1. The van der Waals surface area contributed by atoms with Crippen molar-refractivity contribution in [3.63, 3.8) is 0 Å². The van der Waals surface area contributed by atoms with Crippen molar-refractivity contribution in [2.75, 3.05) is 0 Å². The van der Waals surface area contributed by atoms with Crippen LogP contribution in [0, 0.1) is 5.95 Å². The van der Waals surface area contributed by atoms with Crippen LogP contribution in [0.15, 0.2) is 47.7 Å². The highest BCUT2D eigenvalue weighted by Crippen LogP contribution is 2.15. The summed E-state index contributed by atoms with van der Waals surface area (Å²) >= 11 is 0. The molecule has 2 aromatic heterocycles. The van der Waals surface area contributed by atoms with E-state index in [-0.39, 0.29) is 12.0 Å². The molecule has 0 atom stereocenters. The second kappa shape index (κ2) is 5.86. The quantitative estimate of drug-likeness (QED) is 0.629. The highest BCUT2D eigenvalue weighted by molar-refractivity contribution is 5.82. The molecule has 0 aliphatic heterocycles. The Labute approximate surface area is 116 Å². The van der Waals surface area contributed by atoms with Crippen LogP contribution in [-0.2, 0) is 11.3 Å². The van der Waals surface area contributed by atoms with E-state index in [1.54, 1.807) is 6.07 Å². The van der Waals surface area contributed by atoms with Gasteiger partial charge in [0, 0.05) is 12.4 Å². The molecule has 0 saturated carbocycles. The number of hydrogen-bond acceptors (Lipinski definition) is 2. The van der Waals surface area contributed by atoms with Gasteiger partial charge in [-0.25, -0.2) is 4.98 Å². The third-order valence-electron chi connectivity index (χ3n) is 2.52. The van der Waals surface area contributed by atoms with Crippen molar-refractivity contribution >= 4 is 5.91 Å². The zero-order chi connectivity index (χ0) is 15.5. The lowest BCUT2D eigenvalue weighted by molar-refractivity contribution is -0.169. The smallest absolute Gasteiger partial charge is 0.328 e. The van der Waals surface area contributed by atoms with Gasteiger partial charge in [0.2, 0.25) is 5.95 Å². The fourth-order valence-electron chi connectivity index (χ4n) is 1.57. The monoisotopic (exact) mass is 299 g/mol. The maximum absolute atomic E-state index is 12.7. The van der Waals surface area contributed by atoms with Crippen molar-refractivity contribution in [2.24, 2.45) is 4.99 Å². The summed E-state index contributed by atoms with van der Waals surface area (Å²) in [6, 6.07) is 6.89. The standard InChI is InChI=1S/C13H9F4N3O/c14-10-5-4-9(7-18-10)8-20-6-2-1-3-11(20)19-12(21)13(15,16)17/h1-7H,8H2/b19-11-. The summed E-state index contributed by atoms with van der Waals surface area (Å²) in [6.45, 7) is 0.109. The Morgan fingerprint density at radius 1 is 1.24 bits per heavy atom. The van der Waals surface area contributed by atoms with Crippen molar-refractivity contribution in [1.82, 2.24) is 9.55 Å². The molecule has 4 nitrogen and oxygen atoms in total. The van der Waals surface area contributed by atoms with E-state index in [2.05, 4.69) is 9.98 Å². The molecule has 0 N–H and O–H groups in total. The summed E-state index contributed by atoms with van der Waals surface area (Å²) in [6.07, 6.45) is -2.30. The number of alkyl halides is 3. The number of halogens is 4. The molecule has 0 aromatic carbocycles. The first kappa shape index (κ1) is 14.9. The number of aromatic nitrogens is 2. The highest BCUT2D eigenvalue weighted by atomic mass is 19.4. The van der Waals surface area contributed by atoms with Crippen LogP contribution in [0.5, 0.6) is 0 Å². The molecule has 0 radical (unpaired) electrons. The maximum Gasteiger partial charge on any atom is 0.473 e. The normalized spacial score (nSPS) is 12.5. The molecule has 2 heterocycles. The minimum absolute atomic E-state index is 0.109. The summed E-state index contributed by atoms with van der Waals surface area (Å²) in [5.74, 6) is -2.84. The number of carbonyl (C=O) groups excluding carboxylic acids is 1. The van der Waals surface area contributed by atoms with Crippen molar-refractivity contribution < 1.29 is 22.4 Å². The van der Waals surface area contributed by atoms with Crippen LogP contribution in [0.25, 0.3) is 0 Å². The number of nitrogens with zero attached hydrogens (tertiary/aromatic N) is 3. The molecule has 8 heteroatoms. The first-order valence-corrected chi connectivity index (χ1v) is 5.78. The second-order valence-electron chi connectivity index (χ2n) is 4.09. The van der Waals surface area contributed by atoms with E-state index in [9.17, 15) is 22.4 Å². The Morgan fingerprint density at radius 3 is 2.62 bits per heavy atom. The van der Waals surface area contributed by atoms with Gasteiger partial charge in [-0.3, -0.25) is 4.79 Å². The van der Waals surface area contributed by atoms with Crippen LogP contribution in [0.4, 0.5) is 17.6 Å². The Morgan fingerprint density at radius 2 is 2.00 bits per heavy atom. The molecule has 2 rings (SSSR count). The molecular weight excluding hydrogens is 290 g/mol. The topological polar surface area (TPSA) is 47.2 Å². The third kappa shape index (κ3) is 3.98. The Bertz CT molecular complexity index is 704. The lowest BCUT2D eigenvalue weighted by Crippen LogP contribution is -2.27. The van der Waals surface area contributed by atoms with Crippen LogP contribution in [0.3, 0.4) is 0 Å². The van der Waals surface area contributed by atoms with E-state index in [0.717, 1.165) is 6.07 Å². The van der Waals surface area contributed by atoms with Gasteiger partial charge in [0.1, 0.15) is 5.49 Å². The fourth-order valence-corrected chi connectivity index (χ4v) is 1.57. The summed E-state index contributed by atoms with van der Waals surface area (Å²) in [4.78, 5) is 17.4. The minimum atomic E-state index is -5.02. The van der Waals surface area contributed by atoms with Gasteiger partial charge in [-0.1, -0.05) is 12.1 Å². The zero-order valence-corrected chi connectivity index (χ0v) is 10.5. The molecule has 0 aliphatic carbocycles. The second-order valence-corrected chi connectivity index (χ2v) is 4.09. The number of rotatable bonds is 2. The first-order valence-electron chi connectivity index (χ1n) is 5.78. The van der Waals surface area contributed by atoms with E-state index < -0.39 is 18.0 Å². The van der Waals surface area contributed by atoms with Gasteiger partial charge >= 0.3 is 12.1 Å². The Kier molecular flexibility index (Phi) is 4.15. The lowest BCUT2D eigenvalue weighted by Gasteiger charge is -2.07. The van der Waals surface area contributed by atoms with Crippen LogP contribution >= 0.6 is 0 Å². The predicted octanol–water partition coefficient (Wildman–Crippen LogP) is 2.06. The average molecular weight is 299 g/mol. The first-order chi connectivity index (χ1) is 9.86. The van der Waals surface area contributed by atoms with Gasteiger partial charge in [0.15, 0.2) is 0 Å². The SMILES string of the molecule is O=C(/N=c1/ccccn1Cc1ccc(F)nc1)C(F)(F)F. The predicted molar refractivity (Wildman–Crippen MR) is 64.4 cm³/mol. The van der Waals surface area contributed by atoms with E-state index in [1.807, 2.05) is 0 Å². The van der Waals surface area contributed by atoms with Gasteiger partial charge in [-0.2, -0.15) is 22.6 Å². The molecule has 21 heavy (non-hydrogen) atoms. The number of pyridine rings is 2. The van der Waals surface area contributed by atoms with Crippen molar-refractivity contribution in [2.45, 2.75) is 12.7 Å². The molecule has 0 fully saturated rings. The van der Waals surface area contributed by atoms with Crippen molar-refractivity contribution in [3.8, 4) is 0 Å². The largest absolute Gasteiger partial charge is 0.473 e. The fraction of sp³-hybridized carbons (Fsp3) is 0.154. The molecule has 0 unspecified atom stereocenters. The van der Waals surface area contributed by atoms with E-state index in [0.29, 0.717) is 5.56 Å². The van der Waals surface area contributed by atoms with E-state index in [4.69, 9.17) is 0 Å². The summed E-state index contributed by atoms with van der Waals surface area (Å²) < 4.78 is 50.7. The van der Waals surface area contributed by atoms with Gasteiger partial charge in [-0.15, -0.1) is 0 Å². The summed E-state index contributed by atoms with van der Waals surface area (Å²) in [5, 5.41) is 0. The van der Waals surface area contributed by atoms with Crippen LogP contribution in [0.2, 0.25) is 0 Å². The molecule has 0 saturated heterocycles. The van der Waals surface area contributed by atoms with Crippen molar-refractivity contribution in [3.05, 3.63) is 59.7 Å². The molecule has 0 bridgehead atoms. The van der Waals surface area contributed by atoms with E-state index >= 15 is 0 Å². The van der Waals surface area contributed by atoms with E-state index in [1.165, 1.54) is 35.2 Å². The summed E-state index contributed by atoms with van der Waals surface area (Å²) in [5.41, 5.74) is 0.410. The Balaban J connectivity index is 2.35. The maximum atomic E-state index is 12.7. The average Bonchev–Trinajstić information content (AvgIpc) is 2.42. The van der Waals surface area contributed by atoms with Crippen LogP contribution in [-0.4, -0.2) is 21.6 Å². The van der Waals surface area contributed by atoms with Gasteiger partial charge in [-0.05, 0) is 23.8 Å². The molecule has 0 aliphatic rings. The van der Waals surface area contributed by atoms with Gasteiger partial charge in [0.05, 0.1) is 6.54 Å².